The molecule has 1 aliphatic heterocycles. The first-order valence-electron chi connectivity index (χ1n) is 8.82. The minimum Gasteiger partial charge on any atom is -0.493 e. The van der Waals surface area contributed by atoms with Crippen molar-refractivity contribution < 1.29 is 9.53 Å². The van der Waals surface area contributed by atoms with Gasteiger partial charge in [0, 0.05) is 34.3 Å². The van der Waals surface area contributed by atoms with Crippen LogP contribution >= 0.6 is 11.3 Å². The van der Waals surface area contributed by atoms with E-state index >= 15 is 0 Å². The third-order valence-corrected chi connectivity index (χ3v) is 5.46. The number of para-hydroxylation sites is 1. The maximum atomic E-state index is 12.8. The predicted octanol–water partition coefficient (Wildman–Crippen LogP) is 3.84. The minimum atomic E-state index is -0.356. The molecule has 28 heavy (non-hydrogen) atoms. The molecule has 0 fully saturated rings. The van der Waals surface area contributed by atoms with Gasteiger partial charge in [-0.25, -0.2) is 4.98 Å². The summed E-state index contributed by atoms with van der Waals surface area (Å²) in [5.41, 5.74) is 3.59. The average Bonchev–Trinajstić information content (AvgIpc) is 3.35. The number of carbonyl (C=O) groups is 1. The van der Waals surface area contributed by atoms with Gasteiger partial charge in [-0.1, -0.05) is 18.2 Å². The van der Waals surface area contributed by atoms with E-state index in [-0.39, 0.29) is 11.5 Å². The molecule has 0 saturated carbocycles. The number of amides is 1. The summed E-state index contributed by atoms with van der Waals surface area (Å²) in [6, 6.07) is 14.5. The van der Waals surface area contributed by atoms with Crippen LogP contribution in [0.5, 0.6) is 5.75 Å². The summed E-state index contributed by atoms with van der Waals surface area (Å²) in [5, 5.41) is 5.89. The number of rotatable bonds is 3. The van der Waals surface area contributed by atoms with Crippen LogP contribution in [0.25, 0.3) is 22.2 Å². The summed E-state index contributed by atoms with van der Waals surface area (Å²) in [7, 11) is 0. The molecule has 138 valence electrons. The van der Waals surface area contributed by atoms with Gasteiger partial charge >= 0.3 is 0 Å². The first kappa shape index (κ1) is 16.7. The summed E-state index contributed by atoms with van der Waals surface area (Å²) in [6.07, 6.45) is 0.895. The zero-order valence-corrected chi connectivity index (χ0v) is 15.5. The number of hydrogen-bond donors (Lipinski definition) is 2. The summed E-state index contributed by atoms with van der Waals surface area (Å²) < 4.78 is 5.54. The lowest BCUT2D eigenvalue weighted by molar-refractivity contribution is 0.102. The van der Waals surface area contributed by atoms with Gasteiger partial charge in [0.2, 0.25) is 5.56 Å². The van der Waals surface area contributed by atoms with Gasteiger partial charge in [-0.05, 0) is 29.8 Å². The number of nitrogens with one attached hydrogen (secondary N) is 2. The second-order valence-corrected chi connectivity index (χ2v) is 7.36. The Morgan fingerprint density at radius 2 is 2.07 bits per heavy atom. The Labute approximate surface area is 163 Å². The monoisotopic (exact) mass is 389 g/mol. The van der Waals surface area contributed by atoms with Gasteiger partial charge < -0.3 is 9.72 Å². The third kappa shape index (κ3) is 2.95. The van der Waals surface area contributed by atoms with Gasteiger partial charge in [-0.15, -0.1) is 11.3 Å². The Bertz CT molecular complexity index is 1280. The van der Waals surface area contributed by atoms with Crippen molar-refractivity contribution in [3.05, 3.63) is 75.4 Å². The summed E-state index contributed by atoms with van der Waals surface area (Å²) in [4.78, 5) is 31.9. The third-order valence-electron chi connectivity index (χ3n) is 4.71. The lowest BCUT2D eigenvalue weighted by atomic mass is 10.1. The number of anilines is 1. The Kier molecular flexibility index (Phi) is 3.95. The quantitative estimate of drug-likeness (QED) is 0.558. The smallest absolute Gasteiger partial charge is 0.258 e. The molecule has 4 aromatic rings. The number of nitrogens with zero attached hydrogens (tertiary/aromatic N) is 1. The SMILES string of the molecule is O=C(Nc1nc(-c2ccc3c(c2)CCO3)cs1)c1cc(=O)[nH]c2ccccc12. The normalized spacial score (nSPS) is 12.6. The van der Waals surface area contributed by atoms with Crippen molar-refractivity contribution in [3.8, 4) is 17.0 Å². The van der Waals surface area contributed by atoms with Crippen molar-refractivity contribution >= 4 is 33.3 Å². The molecule has 0 saturated heterocycles. The highest BCUT2D eigenvalue weighted by Crippen LogP contribution is 2.32. The minimum absolute atomic E-state index is 0.316. The second kappa shape index (κ2) is 6.61. The maximum Gasteiger partial charge on any atom is 0.258 e. The number of pyridine rings is 1. The number of benzene rings is 2. The number of ether oxygens (including phenoxy) is 1. The highest BCUT2D eigenvalue weighted by Gasteiger charge is 2.16. The Hall–Kier alpha value is -3.45. The van der Waals surface area contributed by atoms with Crippen LogP contribution in [0.15, 0.2) is 58.7 Å². The zero-order chi connectivity index (χ0) is 19.1. The van der Waals surface area contributed by atoms with Gasteiger partial charge in [0.1, 0.15) is 5.75 Å². The second-order valence-electron chi connectivity index (χ2n) is 6.51. The molecule has 0 unspecified atom stereocenters. The standard InChI is InChI=1S/C21H15N3O3S/c25-19-10-15(14-3-1-2-4-16(14)22-19)20(26)24-21-23-17(11-28-21)12-5-6-18-13(9-12)7-8-27-18/h1-6,9-11H,7-8H2,(H,22,25)(H,23,24,26). The molecule has 2 N–H and O–H groups in total. The fraction of sp³-hybridized carbons (Fsp3) is 0.0952. The molecule has 0 spiro atoms. The van der Waals surface area contributed by atoms with Crippen molar-refractivity contribution in [2.75, 3.05) is 11.9 Å². The van der Waals surface area contributed by atoms with Crippen molar-refractivity contribution in [2.24, 2.45) is 0 Å². The molecule has 5 rings (SSSR count). The largest absolute Gasteiger partial charge is 0.493 e. The van der Waals surface area contributed by atoms with E-state index in [0.29, 0.717) is 28.2 Å². The lowest BCUT2D eigenvalue weighted by Crippen LogP contribution is -2.16. The molecule has 0 bridgehead atoms. The van der Waals surface area contributed by atoms with E-state index in [1.54, 1.807) is 12.1 Å². The van der Waals surface area contributed by atoms with Crippen molar-refractivity contribution in [2.45, 2.75) is 6.42 Å². The fourth-order valence-corrected chi connectivity index (χ4v) is 4.08. The molecular formula is C21H15N3O3S. The molecule has 0 aliphatic carbocycles. The Morgan fingerprint density at radius 1 is 1.18 bits per heavy atom. The summed E-state index contributed by atoms with van der Waals surface area (Å²) in [5.74, 6) is 0.569. The molecule has 0 atom stereocenters. The highest BCUT2D eigenvalue weighted by molar-refractivity contribution is 7.14. The summed E-state index contributed by atoms with van der Waals surface area (Å²) in [6.45, 7) is 0.710. The molecule has 1 aliphatic rings. The number of thiazole rings is 1. The predicted molar refractivity (Wildman–Crippen MR) is 109 cm³/mol. The van der Waals surface area contributed by atoms with Gasteiger partial charge in [-0.3, -0.25) is 14.9 Å². The van der Waals surface area contributed by atoms with Gasteiger partial charge in [0.25, 0.3) is 5.91 Å². The van der Waals surface area contributed by atoms with Crippen LogP contribution in [-0.4, -0.2) is 22.5 Å². The number of carbonyl (C=O) groups excluding carboxylic acids is 1. The van der Waals surface area contributed by atoms with Crippen molar-refractivity contribution in [1.29, 1.82) is 0 Å². The molecule has 2 aromatic heterocycles. The number of H-pyrrole nitrogens is 1. The summed E-state index contributed by atoms with van der Waals surface area (Å²) >= 11 is 1.35. The molecule has 3 heterocycles. The Balaban J connectivity index is 1.43. The number of hydrogen-bond acceptors (Lipinski definition) is 5. The fourth-order valence-electron chi connectivity index (χ4n) is 3.37. The lowest BCUT2D eigenvalue weighted by Gasteiger charge is -2.05. The van der Waals surface area contributed by atoms with Crippen molar-refractivity contribution in [1.82, 2.24) is 9.97 Å². The van der Waals surface area contributed by atoms with Gasteiger partial charge in [-0.2, -0.15) is 0 Å². The molecule has 0 radical (unpaired) electrons. The topological polar surface area (TPSA) is 84.1 Å². The molecule has 6 nitrogen and oxygen atoms in total. The van der Waals surface area contributed by atoms with Crippen LogP contribution < -0.4 is 15.6 Å². The van der Waals surface area contributed by atoms with E-state index in [9.17, 15) is 9.59 Å². The van der Waals surface area contributed by atoms with E-state index in [1.165, 1.54) is 23.0 Å². The first-order chi connectivity index (χ1) is 13.7. The highest BCUT2D eigenvalue weighted by atomic mass is 32.1. The first-order valence-corrected chi connectivity index (χ1v) is 9.70. The maximum absolute atomic E-state index is 12.8. The van der Waals surface area contributed by atoms with Crippen LogP contribution in [0.4, 0.5) is 5.13 Å². The van der Waals surface area contributed by atoms with Crippen molar-refractivity contribution in [3.63, 3.8) is 0 Å². The van der Waals surface area contributed by atoms with Crippen LogP contribution in [0.1, 0.15) is 15.9 Å². The molecule has 7 heteroatoms. The van der Waals surface area contributed by atoms with E-state index in [2.05, 4.69) is 21.4 Å². The van der Waals surface area contributed by atoms with Crippen LogP contribution in [0, 0.1) is 0 Å². The number of fused-ring (bicyclic) bond motifs is 2. The van der Waals surface area contributed by atoms with Crippen LogP contribution in [0.2, 0.25) is 0 Å². The zero-order valence-electron chi connectivity index (χ0n) is 14.7. The number of aromatic amines is 1. The van der Waals surface area contributed by atoms with E-state index in [0.717, 1.165) is 23.4 Å². The molecule has 2 aromatic carbocycles. The van der Waals surface area contributed by atoms with Gasteiger partial charge in [0.15, 0.2) is 5.13 Å². The molecule has 1 amide bonds. The molecular weight excluding hydrogens is 374 g/mol. The van der Waals surface area contributed by atoms with E-state index < -0.39 is 0 Å². The van der Waals surface area contributed by atoms with E-state index in [4.69, 9.17) is 4.74 Å². The Morgan fingerprint density at radius 3 is 3.00 bits per heavy atom. The number of aromatic nitrogens is 2. The van der Waals surface area contributed by atoms with E-state index in [1.807, 2.05) is 29.6 Å². The van der Waals surface area contributed by atoms with Gasteiger partial charge in [0.05, 0.1) is 17.9 Å². The average molecular weight is 389 g/mol. The van der Waals surface area contributed by atoms with Crippen LogP contribution in [0.3, 0.4) is 0 Å². The van der Waals surface area contributed by atoms with Crippen LogP contribution in [-0.2, 0) is 6.42 Å².